The van der Waals surface area contributed by atoms with E-state index >= 15 is 0 Å². The van der Waals surface area contributed by atoms with Crippen LogP contribution in [0.5, 0.6) is 0 Å². The molecule has 1 N–H and O–H groups in total. The first-order chi connectivity index (χ1) is 12.2. The van der Waals surface area contributed by atoms with Gasteiger partial charge in [-0.1, -0.05) is 13.8 Å². The van der Waals surface area contributed by atoms with Crippen molar-refractivity contribution in [2.45, 2.75) is 32.4 Å². The van der Waals surface area contributed by atoms with Crippen LogP contribution in [0.15, 0.2) is 4.99 Å². The first-order valence-electron chi connectivity index (χ1n) is 9.81. The van der Waals surface area contributed by atoms with Crippen LogP contribution < -0.4 is 5.32 Å². The Morgan fingerprint density at radius 1 is 1.15 bits per heavy atom. The van der Waals surface area contributed by atoms with Crippen molar-refractivity contribution < 1.29 is 8.42 Å². The predicted molar refractivity (Wildman–Crippen MR) is 124 cm³/mol. The van der Waals surface area contributed by atoms with E-state index in [0.717, 1.165) is 51.8 Å². The molecule has 9 heteroatoms. The normalized spacial score (nSPS) is 24.9. The molecule has 2 rings (SSSR count). The number of nitrogens with one attached hydrogen (secondary N) is 1. The molecule has 7 nitrogen and oxygen atoms in total. The Morgan fingerprint density at radius 3 is 2.26 bits per heavy atom. The molecule has 0 aromatic rings. The van der Waals surface area contributed by atoms with Gasteiger partial charge in [-0.25, -0.2) is 8.42 Å². The third-order valence-corrected chi connectivity index (χ3v) is 8.18. The summed E-state index contributed by atoms with van der Waals surface area (Å²) >= 11 is 0. The fourth-order valence-electron chi connectivity index (χ4n) is 3.72. The van der Waals surface area contributed by atoms with Crippen molar-refractivity contribution >= 4 is 39.8 Å². The van der Waals surface area contributed by atoms with Crippen molar-refractivity contribution in [1.82, 2.24) is 20.0 Å². The fourth-order valence-corrected chi connectivity index (χ4v) is 5.08. The molecule has 0 amide bonds. The molecule has 0 aliphatic carbocycles. The highest BCUT2D eigenvalue weighted by molar-refractivity contribution is 14.0. The molecule has 0 spiro atoms. The van der Waals surface area contributed by atoms with Gasteiger partial charge in [0.15, 0.2) is 15.8 Å². The quantitative estimate of drug-likeness (QED) is 0.335. The fraction of sp³-hybridized carbons (Fsp3) is 0.944. The van der Waals surface area contributed by atoms with E-state index in [2.05, 4.69) is 38.9 Å². The Labute approximate surface area is 182 Å². The molecular formula is C18H38IN5O2S. The van der Waals surface area contributed by atoms with Gasteiger partial charge in [0.2, 0.25) is 0 Å². The van der Waals surface area contributed by atoms with Crippen LogP contribution in [0.1, 0.15) is 27.7 Å². The number of sulfone groups is 1. The maximum absolute atomic E-state index is 12.2. The summed E-state index contributed by atoms with van der Waals surface area (Å²) < 4.78 is 23.7. The lowest BCUT2D eigenvalue weighted by atomic mass is 10.1. The maximum Gasteiger partial charge on any atom is 0.193 e. The van der Waals surface area contributed by atoms with Gasteiger partial charge >= 0.3 is 0 Å². The summed E-state index contributed by atoms with van der Waals surface area (Å²) in [6.45, 7) is 16.8. The maximum atomic E-state index is 12.2. The van der Waals surface area contributed by atoms with Crippen LogP contribution >= 0.6 is 24.0 Å². The summed E-state index contributed by atoms with van der Waals surface area (Å²) in [7, 11) is -1.26. The molecule has 160 valence electrons. The standard InChI is InChI=1S/C18H37N5O2S.HI/c1-6-21-7-9-22(10-8-21)14-16(2)13-20-17(19-5)23-11-12-26(24,25)18(3,4)15-23;/h16H,6-15H2,1-5H3,(H,19,20);1H. The monoisotopic (exact) mass is 515 g/mol. The second-order valence-electron chi connectivity index (χ2n) is 8.27. The number of guanidine groups is 1. The lowest BCUT2D eigenvalue weighted by Gasteiger charge is -2.39. The van der Waals surface area contributed by atoms with Gasteiger partial charge in [0.25, 0.3) is 0 Å². The van der Waals surface area contributed by atoms with E-state index in [9.17, 15) is 8.42 Å². The highest BCUT2D eigenvalue weighted by atomic mass is 127. The van der Waals surface area contributed by atoms with Crippen molar-refractivity contribution in [3.63, 3.8) is 0 Å². The van der Waals surface area contributed by atoms with Crippen molar-refractivity contribution in [2.75, 3.05) is 71.7 Å². The minimum atomic E-state index is -3.03. The van der Waals surface area contributed by atoms with E-state index in [0.29, 0.717) is 19.0 Å². The Morgan fingerprint density at radius 2 is 1.74 bits per heavy atom. The van der Waals surface area contributed by atoms with Gasteiger partial charge in [0.1, 0.15) is 0 Å². The molecule has 2 aliphatic heterocycles. The molecule has 1 atom stereocenters. The van der Waals surface area contributed by atoms with Gasteiger partial charge in [0.05, 0.1) is 10.5 Å². The van der Waals surface area contributed by atoms with Gasteiger partial charge in [-0.05, 0) is 26.3 Å². The van der Waals surface area contributed by atoms with E-state index < -0.39 is 14.6 Å². The number of nitrogens with zero attached hydrogens (tertiary/aromatic N) is 4. The topological polar surface area (TPSA) is 68.2 Å². The summed E-state index contributed by atoms with van der Waals surface area (Å²) in [6, 6.07) is 0. The Kier molecular flexibility index (Phi) is 9.77. The van der Waals surface area contributed by atoms with E-state index in [4.69, 9.17) is 0 Å². The number of piperazine rings is 1. The van der Waals surface area contributed by atoms with Crippen LogP contribution in [0.4, 0.5) is 0 Å². The van der Waals surface area contributed by atoms with E-state index in [1.54, 1.807) is 20.9 Å². The van der Waals surface area contributed by atoms with Crippen molar-refractivity contribution in [2.24, 2.45) is 10.9 Å². The molecule has 0 radical (unpaired) electrons. The lowest BCUT2D eigenvalue weighted by Crippen LogP contribution is -2.57. The molecule has 2 aliphatic rings. The summed E-state index contributed by atoms with van der Waals surface area (Å²) in [5.74, 6) is 1.52. The second kappa shape index (κ2) is 10.6. The average Bonchev–Trinajstić information content (AvgIpc) is 2.59. The molecule has 1 unspecified atom stereocenters. The van der Waals surface area contributed by atoms with Gasteiger partial charge in [-0.3, -0.25) is 4.99 Å². The Hall–Kier alpha value is -0.130. The van der Waals surface area contributed by atoms with Crippen LogP contribution in [0.2, 0.25) is 0 Å². The third-order valence-electron chi connectivity index (χ3n) is 5.65. The smallest absolute Gasteiger partial charge is 0.193 e. The SMILES string of the molecule is CCN1CCN(CC(C)CNC(=NC)N2CCS(=O)(=O)C(C)(C)C2)CC1.I. The first kappa shape index (κ1) is 24.9. The molecule has 2 saturated heterocycles. The zero-order chi connectivity index (χ0) is 19.4. The van der Waals surface area contributed by atoms with Gasteiger partial charge in [0, 0.05) is 59.4 Å². The largest absolute Gasteiger partial charge is 0.356 e. The van der Waals surface area contributed by atoms with Crippen molar-refractivity contribution in [3.8, 4) is 0 Å². The summed E-state index contributed by atoms with van der Waals surface area (Å²) in [4.78, 5) is 11.5. The first-order valence-corrected chi connectivity index (χ1v) is 11.5. The molecule has 2 fully saturated rings. The van der Waals surface area contributed by atoms with Crippen LogP contribution in [-0.4, -0.2) is 106 Å². The second-order valence-corrected chi connectivity index (χ2v) is 11.0. The Balaban J connectivity index is 0.00000364. The third kappa shape index (κ3) is 6.71. The van der Waals surface area contributed by atoms with E-state index in [1.165, 1.54) is 0 Å². The van der Waals surface area contributed by atoms with Gasteiger partial charge in [-0.2, -0.15) is 0 Å². The number of rotatable bonds is 5. The van der Waals surface area contributed by atoms with E-state index in [-0.39, 0.29) is 29.7 Å². The number of halogens is 1. The highest BCUT2D eigenvalue weighted by Crippen LogP contribution is 2.23. The molecule has 0 aromatic carbocycles. The number of aliphatic imine (C=N–C) groups is 1. The van der Waals surface area contributed by atoms with Crippen molar-refractivity contribution in [3.05, 3.63) is 0 Å². The van der Waals surface area contributed by atoms with Crippen LogP contribution in [0, 0.1) is 5.92 Å². The predicted octanol–water partition coefficient (Wildman–Crippen LogP) is 0.962. The summed E-state index contributed by atoms with van der Waals surface area (Å²) in [5.41, 5.74) is 0. The van der Waals surface area contributed by atoms with E-state index in [1.807, 2.05) is 0 Å². The zero-order valence-electron chi connectivity index (χ0n) is 17.6. The number of likely N-dealkylation sites (N-methyl/N-ethyl adjacent to an activating group) is 1. The summed E-state index contributed by atoms with van der Waals surface area (Å²) in [5, 5.41) is 3.46. The van der Waals surface area contributed by atoms with Crippen LogP contribution in [-0.2, 0) is 9.84 Å². The van der Waals surface area contributed by atoms with Crippen molar-refractivity contribution in [1.29, 1.82) is 0 Å². The molecule has 27 heavy (non-hydrogen) atoms. The zero-order valence-corrected chi connectivity index (χ0v) is 20.7. The average molecular weight is 516 g/mol. The minimum absolute atomic E-state index is 0. The molecule has 2 heterocycles. The highest BCUT2D eigenvalue weighted by Gasteiger charge is 2.41. The Bertz CT molecular complexity index is 589. The number of hydrogen-bond donors (Lipinski definition) is 1. The molecular weight excluding hydrogens is 477 g/mol. The number of hydrogen-bond acceptors (Lipinski definition) is 5. The van der Waals surface area contributed by atoms with Gasteiger partial charge < -0.3 is 20.0 Å². The summed E-state index contributed by atoms with van der Waals surface area (Å²) in [6.07, 6.45) is 0. The van der Waals surface area contributed by atoms with Crippen LogP contribution in [0.3, 0.4) is 0 Å². The van der Waals surface area contributed by atoms with Gasteiger partial charge in [-0.15, -0.1) is 24.0 Å². The molecule has 0 bridgehead atoms. The lowest BCUT2D eigenvalue weighted by molar-refractivity contribution is 0.124. The van der Waals surface area contributed by atoms with Crippen LogP contribution in [0.25, 0.3) is 0 Å². The molecule has 0 saturated carbocycles. The minimum Gasteiger partial charge on any atom is -0.356 e. The molecule has 0 aromatic heterocycles.